The summed E-state index contributed by atoms with van der Waals surface area (Å²) in [5.41, 5.74) is 4.43. The Morgan fingerprint density at radius 2 is 1.42 bits per heavy atom. The maximum atomic E-state index is 13.2. The minimum absolute atomic E-state index is 0.0458. The van der Waals surface area contributed by atoms with E-state index in [9.17, 15) is 14.7 Å². The van der Waals surface area contributed by atoms with Gasteiger partial charge in [-0.3, -0.25) is 9.59 Å². The normalized spacial score (nSPS) is 11.1. The molecule has 0 saturated heterocycles. The summed E-state index contributed by atoms with van der Waals surface area (Å²) in [6.45, 7) is 1.92. The summed E-state index contributed by atoms with van der Waals surface area (Å²) in [4.78, 5) is 29.7. The van der Waals surface area contributed by atoms with Crippen LogP contribution in [0.15, 0.2) is 78.9 Å². The van der Waals surface area contributed by atoms with Gasteiger partial charge < -0.3 is 14.8 Å². The number of aromatic nitrogens is 1. The zero-order chi connectivity index (χ0) is 23.1. The summed E-state index contributed by atoms with van der Waals surface area (Å²) in [6, 6.07) is 23.1. The van der Waals surface area contributed by atoms with Crippen LogP contribution in [-0.4, -0.2) is 28.8 Å². The Hall–Kier alpha value is -4.38. The number of carbonyl (C=O) groups is 2. The zero-order valence-electron chi connectivity index (χ0n) is 18.2. The van der Waals surface area contributed by atoms with Crippen LogP contribution in [0.1, 0.15) is 37.4 Å². The van der Waals surface area contributed by atoms with Gasteiger partial charge in [0.2, 0.25) is 5.78 Å². The molecule has 2 N–H and O–H groups in total. The Labute approximate surface area is 190 Å². The van der Waals surface area contributed by atoms with E-state index < -0.39 is 0 Å². The first kappa shape index (κ1) is 20.5. The number of carbonyl (C=O) groups excluding carboxylic acids is 2. The number of aromatic amines is 1. The van der Waals surface area contributed by atoms with Gasteiger partial charge in [0.15, 0.2) is 5.78 Å². The molecule has 0 bridgehead atoms. The van der Waals surface area contributed by atoms with Crippen LogP contribution in [-0.2, 0) is 0 Å². The number of phenols is 1. The predicted molar refractivity (Wildman–Crippen MR) is 129 cm³/mol. The molecule has 33 heavy (non-hydrogen) atoms. The molecule has 5 rings (SSSR count). The second kappa shape index (κ2) is 7.95. The largest absolute Gasteiger partial charge is 0.507 e. The number of H-pyrrole nitrogens is 1. The quantitative estimate of drug-likeness (QED) is 0.342. The number of hydrogen-bond acceptors (Lipinski definition) is 4. The number of fused-ring (bicyclic) bond motifs is 3. The van der Waals surface area contributed by atoms with Gasteiger partial charge in [-0.15, -0.1) is 0 Å². The highest BCUT2D eigenvalue weighted by Gasteiger charge is 2.20. The highest BCUT2D eigenvalue weighted by molar-refractivity contribution is 6.18. The highest BCUT2D eigenvalue weighted by atomic mass is 16.5. The second-order valence-electron chi connectivity index (χ2n) is 7.97. The lowest BCUT2D eigenvalue weighted by molar-refractivity contribution is 0.102. The van der Waals surface area contributed by atoms with Crippen molar-refractivity contribution in [1.29, 1.82) is 0 Å². The molecule has 0 radical (unpaired) electrons. The summed E-state index contributed by atoms with van der Waals surface area (Å²) in [6.07, 6.45) is 0. The monoisotopic (exact) mass is 435 g/mol. The molecule has 0 aliphatic carbocycles. The van der Waals surface area contributed by atoms with Gasteiger partial charge in [0, 0.05) is 38.5 Å². The van der Waals surface area contributed by atoms with Gasteiger partial charge in [-0.25, -0.2) is 0 Å². The average molecular weight is 435 g/mol. The molecule has 5 nitrogen and oxygen atoms in total. The smallest absolute Gasteiger partial charge is 0.200 e. The van der Waals surface area contributed by atoms with E-state index in [4.69, 9.17) is 4.74 Å². The maximum Gasteiger partial charge on any atom is 0.200 e. The van der Waals surface area contributed by atoms with Crippen molar-refractivity contribution >= 4 is 33.4 Å². The fourth-order valence-corrected chi connectivity index (χ4v) is 4.23. The van der Waals surface area contributed by atoms with Gasteiger partial charge in [-0.1, -0.05) is 30.3 Å². The molecule has 0 aliphatic rings. The molecule has 0 fully saturated rings. The number of methoxy groups -OCH3 is 1. The molecule has 5 aromatic rings. The SMILES string of the molecule is COc1cccc(O)c1C(=O)c1ccc2[nH]c3ccc(C(=O)c4ccccc4C)cc3c2c1. The lowest BCUT2D eigenvalue weighted by atomic mass is 9.97. The molecule has 5 heteroatoms. The number of ketones is 2. The Morgan fingerprint density at radius 3 is 2.06 bits per heavy atom. The number of aromatic hydroxyl groups is 1. The van der Waals surface area contributed by atoms with Crippen molar-refractivity contribution in [3.8, 4) is 11.5 Å². The van der Waals surface area contributed by atoms with Crippen LogP contribution >= 0.6 is 0 Å². The van der Waals surface area contributed by atoms with Crippen molar-refractivity contribution in [2.24, 2.45) is 0 Å². The van der Waals surface area contributed by atoms with E-state index in [-0.39, 0.29) is 22.9 Å². The predicted octanol–water partition coefficient (Wildman–Crippen LogP) is 5.81. The van der Waals surface area contributed by atoms with Crippen LogP contribution in [0, 0.1) is 6.92 Å². The van der Waals surface area contributed by atoms with E-state index in [1.54, 1.807) is 24.3 Å². The van der Waals surface area contributed by atoms with E-state index in [2.05, 4.69) is 4.98 Å². The van der Waals surface area contributed by atoms with E-state index >= 15 is 0 Å². The Morgan fingerprint density at radius 1 is 0.788 bits per heavy atom. The van der Waals surface area contributed by atoms with Gasteiger partial charge in [0.05, 0.1) is 7.11 Å². The summed E-state index contributed by atoms with van der Waals surface area (Å²) >= 11 is 0. The molecule has 1 aromatic heterocycles. The molecule has 0 atom stereocenters. The molecule has 0 saturated carbocycles. The topological polar surface area (TPSA) is 79.4 Å². The first-order valence-electron chi connectivity index (χ1n) is 10.5. The summed E-state index contributed by atoms with van der Waals surface area (Å²) in [7, 11) is 1.46. The molecule has 0 aliphatic heterocycles. The third-order valence-electron chi connectivity index (χ3n) is 5.96. The van der Waals surface area contributed by atoms with Crippen molar-refractivity contribution in [2.75, 3.05) is 7.11 Å². The van der Waals surface area contributed by atoms with Gasteiger partial charge in [-0.05, 0) is 61.0 Å². The van der Waals surface area contributed by atoms with Gasteiger partial charge in [0.1, 0.15) is 17.1 Å². The summed E-state index contributed by atoms with van der Waals surface area (Å²) < 4.78 is 5.28. The lowest BCUT2D eigenvalue weighted by Gasteiger charge is -2.09. The number of rotatable bonds is 5. The summed E-state index contributed by atoms with van der Waals surface area (Å²) in [5, 5.41) is 12.0. The first-order chi connectivity index (χ1) is 16.0. The number of phenolic OH excluding ortho intramolecular Hbond substituents is 1. The van der Waals surface area contributed by atoms with Crippen LogP contribution < -0.4 is 4.74 Å². The zero-order valence-corrected chi connectivity index (χ0v) is 18.2. The Bertz CT molecular complexity index is 1560. The lowest BCUT2D eigenvalue weighted by Crippen LogP contribution is -2.04. The van der Waals surface area contributed by atoms with E-state index in [1.165, 1.54) is 13.2 Å². The van der Waals surface area contributed by atoms with Crippen molar-refractivity contribution in [3.05, 3.63) is 107 Å². The molecule has 0 spiro atoms. The average Bonchev–Trinajstić information content (AvgIpc) is 3.20. The standard InChI is InChI=1S/C28H21NO4/c1-16-6-3-4-7-19(16)27(31)17-10-12-22-20(14-17)21-15-18(11-13-23(21)29-22)28(32)26-24(30)8-5-9-25(26)33-2/h3-15,29-30H,1-2H3. The van der Waals surface area contributed by atoms with Crippen LogP contribution in [0.25, 0.3) is 21.8 Å². The van der Waals surface area contributed by atoms with Crippen molar-refractivity contribution in [3.63, 3.8) is 0 Å². The fraction of sp³-hybridized carbons (Fsp3) is 0.0714. The molecule has 0 amide bonds. The minimum atomic E-state index is -0.339. The van der Waals surface area contributed by atoms with E-state index in [0.717, 1.165) is 27.4 Å². The summed E-state index contributed by atoms with van der Waals surface area (Å²) in [5.74, 6) is -0.210. The number of nitrogens with one attached hydrogen (secondary N) is 1. The number of benzene rings is 4. The minimum Gasteiger partial charge on any atom is -0.507 e. The third kappa shape index (κ3) is 3.44. The van der Waals surface area contributed by atoms with E-state index in [1.807, 2.05) is 55.5 Å². The molecular formula is C28H21NO4. The van der Waals surface area contributed by atoms with Crippen LogP contribution in [0.3, 0.4) is 0 Å². The van der Waals surface area contributed by atoms with Gasteiger partial charge >= 0.3 is 0 Å². The van der Waals surface area contributed by atoms with Crippen LogP contribution in [0.5, 0.6) is 11.5 Å². The van der Waals surface area contributed by atoms with Gasteiger partial charge in [-0.2, -0.15) is 0 Å². The molecule has 0 unspecified atom stereocenters. The molecule has 162 valence electrons. The molecule has 4 aromatic carbocycles. The second-order valence-corrected chi connectivity index (χ2v) is 7.97. The van der Waals surface area contributed by atoms with Crippen molar-refractivity contribution in [2.45, 2.75) is 6.92 Å². The number of aryl methyl sites for hydroxylation is 1. The number of hydrogen-bond donors (Lipinski definition) is 2. The van der Waals surface area contributed by atoms with E-state index in [0.29, 0.717) is 22.4 Å². The number of ether oxygens (including phenoxy) is 1. The highest BCUT2D eigenvalue weighted by Crippen LogP contribution is 2.33. The fourth-order valence-electron chi connectivity index (χ4n) is 4.23. The van der Waals surface area contributed by atoms with Crippen LogP contribution in [0.4, 0.5) is 0 Å². The van der Waals surface area contributed by atoms with Crippen LogP contribution in [0.2, 0.25) is 0 Å². The van der Waals surface area contributed by atoms with Crippen molar-refractivity contribution in [1.82, 2.24) is 4.98 Å². The third-order valence-corrected chi connectivity index (χ3v) is 5.96. The first-order valence-corrected chi connectivity index (χ1v) is 10.5. The maximum absolute atomic E-state index is 13.2. The Balaban J connectivity index is 1.63. The Kier molecular flexibility index (Phi) is 4.94. The molecular weight excluding hydrogens is 414 g/mol. The van der Waals surface area contributed by atoms with Gasteiger partial charge in [0.25, 0.3) is 0 Å². The van der Waals surface area contributed by atoms with Crippen molar-refractivity contribution < 1.29 is 19.4 Å². The molecule has 1 heterocycles.